The van der Waals surface area contributed by atoms with Crippen molar-refractivity contribution in [2.75, 3.05) is 0 Å². The molecule has 0 unspecified atom stereocenters. The SMILES string of the molecule is C=CC[C@H](C[C@H](O)[C@H](Cc1ccccc1)NC(=O)c1nn(-c2ccccc2)nc1C)C(=O)NC1CCCCC1. The number of para-hydroxylation sites is 1. The number of nitrogens with zero attached hydrogens (tertiary/aromatic N) is 3. The molecule has 1 aromatic heterocycles. The van der Waals surface area contributed by atoms with Gasteiger partial charge in [0.25, 0.3) is 5.91 Å². The number of hydrogen-bond donors (Lipinski definition) is 3. The van der Waals surface area contributed by atoms with Crippen LogP contribution in [0.3, 0.4) is 0 Å². The molecule has 2 amide bonds. The summed E-state index contributed by atoms with van der Waals surface area (Å²) in [5.41, 5.74) is 2.40. The van der Waals surface area contributed by atoms with Crippen LogP contribution in [0.2, 0.25) is 0 Å². The minimum Gasteiger partial charge on any atom is -0.391 e. The topological polar surface area (TPSA) is 109 Å². The maximum atomic E-state index is 13.4. The van der Waals surface area contributed by atoms with E-state index in [0.29, 0.717) is 18.5 Å². The molecular formula is C31H39N5O3. The highest BCUT2D eigenvalue weighted by molar-refractivity contribution is 5.93. The highest BCUT2D eigenvalue weighted by atomic mass is 16.3. The molecule has 8 nitrogen and oxygen atoms in total. The number of aryl methyl sites for hydroxylation is 1. The molecule has 1 aliphatic carbocycles. The van der Waals surface area contributed by atoms with Crippen molar-refractivity contribution in [2.24, 2.45) is 5.92 Å². The predicted molar refractivity (Wildman–Crippen MR) is 151 cm³/mol. The molecule has 1 fully saturated rings. The number of aliphatic hydroxyl groups excluding tert-OH is 1. The summed E-state index contributed by atoms with van der Waals surface area (Å²) in [6.45, 7) is 5.56. The van der Waals surface area contributed by atoms with Crippen LogP contribution in [0.15, 0.2) is 73.3 Å². The van der Waals surface area contributed by atoms with Gasteiger partial charge in [0.15, 0.2) is 5.69 Å². The van der Waals surface area contributed by atoms with Gasteiger partial charge in [-0.25, -0.2) is 0 Å². The molecule has 1 saturated carbocycles. The highest BCUT2D eigenvalue weighted by Gasteiger charge is 2.30. The molecule has 0 aliphatic heterocycles. The summed E-state index contributed by atoms with van der Waals surface area (Å²) in [5, 5.41) is 26.4. The van der Waals surface area contributed by atoms with Gasteiger partial charge in [0, 0.05) is 12.0 Å². The molecule has 0 saturated heterocycles. The zero-order chi connectivity index (χ0) is 27.6. The first-order chi connectivity index (χ1) is 18.9. The third-order valence-electron chi connectivity index (χ3n) is 7.36. The van der Waals surface area contributed by atoms with Crippen molar-refractivity contribution in [1.82, 2.24) is 25.6 Å². The molecule has 0 spiro atoms. The maximum absolute atomic E-state index is 13.4. The van der Waals surface area contributed by atoms with Crippen molar-refractivity contribution >= 4 is 11.8 Å². The molecule has 2 aromatic carbocycles. The first kappa shape index (κ1) is 28.2. The van der Waals surface area contributed by atoms with E-state index in [1.807, 2.05) is 60.7 Å². The third kappa shape index (κ3) is 7.86. The number of aliphatic hydroxyl groups is 1. The summed E-state index contributed by atoms with van der Waals surface area (Å²) >= 11 is 0. The van der Waals surface area contributed by atoms with Crippen LogP contribution in [0, 0.1) is 12.8 Å². The summed E-state index contributed by atoms with van der Waals surface area (Å²) in [7, 11) is 0. The number of nitrogens with one attached hydrogen (secondary N) is 2. The Kier molecular flexibility index (Phi) is 10.0. The summed E-state index contributed by atoms with van der Waals surface area (Å²) in [5.74, 6) is -0.913. The van der Waals surface area contributed by atoms with Crippen molar-refractivity contribution in [3.63, 3.8) is 0 Å². The molecule has 206 valence electrons. The molecule has 3 atom stereocenters. The minimum atomic E-state index is -0.958. The quantitative estimate of drug-likeness (QED) is 0.303. The van der Waals surface area contributed by atoms with Gasteiger partial charge in [-0.3, -0.25) is 9.59 Å². The highest BCUT2D eigenvalue weighted by Crippen LogP contribution is 2.21. The van der Waals surface area contributed by atoms with E-state index >= 15 is 0 Å². The zero-order valence-electron chi connectivity index (χ0n) is 22.6. The Hall–Kier alpha value is -3.78. The average Bonchev–Trinajstić information content (AvgIpc) is 3.35. The molecule has 8 heteroatoms. The zero-order valence-corrected chi connectivity index (χ0v) is 22.6. The second-order valence-corrected chi connectivity index (χ2v) is 10.4. The Morgan fingerprint density at radius 1 is 1.05 bits per heavy atom. The normalized spacial score (nSPS) is 16.2. The van der Waals surface area contributed by atoms with E-state index in [-0.39, 0.29) is 24.1 Å². The van der Waals surface area contributed by atoms with Crippen molar-refractivity contribution in [1.29, 1.82) is 0 Å². The second-order valence-electron chi connectivity index (χ2n) is 10.4. The van der Waals surface area contributed by atoms with Gasteiger partial charge in [-0.2, -0.15) is 9.90 Å². The van der Waals surface area contributed by atoms with Gasteiger partial charge in [0.2, 0.25) is 5.91 Å². The number of amides is 2. The fourth-order valence-electron chi connectivity index (χ4n) is 5.19. The van der Waals surface area contributed by atoms with Crippen LogP contribution in [0.4, 0.5) is 0 Å². The number of allylic oxidation sites excluding steroid dienone is 1. The van der Waals surface area contributed by atoms with Crippen LogP contribution in [-0.2, 0) is 11.2 Å². The van der Waals surface area contributed by atoms with E-state index in [0.717, 1.165) is 36.9 Å². The van der Waals surface area contributed by atoms with Crippen molar-refractivity contribution in [3.05, 3.63) is 90.3 Å². The van der Waals surface area contributed by atoms with Crippen LogP contribution in [-0.4, -0.2) is 50.1 Å². The first-order valence-electron chi connectivity index (χ1n) is 13.9. The molecule has 1 aliphatic rings. The van der Waals surface area contributed by atoms with Crippen LogP contribution < -0.4 is 10.6 Å². The summed E-state index contributed by atoms with van der Waals surface area (Å²) in [6, 6.07) is 18.6. The van der Waals surface area contributed by atoms with Crippen LogP contribution in [0.5, 0.6) is 0 Å². The molecule has 3 N–H and O–H groups in total. The Morgan fingerprint density at radius 2 is 1.72 bits per heavy atom. The number of benzene rings is 2. The van der Waals surface area contributed by atoms with Crippen molar-refractivity contribution < 1.29 is 14.7 Å². The lowest BCUT2D eigenvalue weighted by atomic mass is 9.89. The standard InChI is InChI=1S/C31H39N5O3/c1-3-13-24(30(38)32-25-16-9-5-10-17-25)21-28(37)27(20-23-14-7-4-8-15-23)33-31(39)29-22(2)34-36(35-29)26-18-11-6-12-19-26/h3-4,6-8,11-12,14-15,18-19,24-25,27-28,37H,1,5,9-10,13,16-17,20-21H2,2H3,(H,32,38)(H,33,39)/t24-,27+,28+/m1/s1. The monoisotopic (exact) mass is 529 g/mol. The van der Waals surface area contributed by atoms with Gasteiger partial charge >= 0.3 is 0 Å². The van der Waals surface area contributed by atoms with Gasteiger partial charge in [-0.05, 0) is 56.7 Å². The van der Waals surface area contributed by atoms with Gasteiger partial charge < -0.3 is 15.7 Å². The third-order valence-corrected chi connectivity index (χ3v) is 7.36. The number of carbonyl (C=O) groups is 2. The van der Waals surface area contributed by atoms with E-state index in [9.17, 15) is 14.7 Å². The van der Waals surface area contributed by atoms with Gasteiger partial charge in [-0.1, -0.05) is 73.9 Å². The van der Waals surface area contributed by atoms with E-state index in [1.165, 1.54) is 11.2 Å². The van der Waals surface area contributed by atoms with Gasteiger partial charge in [0.05, 0.1) is 23.5 Å². The molecule has 3 aromatic rings. The Bertz CT molecular complexity index is 1220. The lowest BCUT2D eigenvalue weighted by Crippen LogP contribution is -2.47. The second kappa shape index (κ2) is 13.8. The fourth-order valence-corrected chi connectivity index (χ4v) is 5.19. The Balaban J connectivity index is 1.50. The number of carbonyl (C=O) groups excluding carboxylic acids is 2. The smallest absolute Gasteiger partial charge is 0.274 e. The molecule has 0 radical (unpaired) electrons. The predicted octanol–water partition coefficient (Wildman–Crippen LogP) is 4.31. The van der Waals surface area contributed by atoms with Gasteiger partial charge in [-0.15, -0.1) is 11.7 Å². The van der Waals surface area contributed by atoms with Crippen molar-refractivity contribution in [3.8, 4) is 5.69 Å². The number of aromatic nitrogens is 3. The average molecular weight is 530 g/mol. The van der Waals surface area contributed by atoms with Gasteiger partial charge in [0.1, 0.15) is 0 Å². The van der Waals surface area contributed by atoms with Crippen molar-refractivity contribution in [2.45, 2.75) is 76.5 Å². The Morgan fingerprint density at radius 3 is 2.38 bits per heavy atom. The van der Waals surface area contributed by atoms with E-state index in [2.05, 4.69) is 27.4 Å². The molecule has 39 heavy (non-hydrogen) atoms. The van der Waals surface area contributed by atoms with Crippen LogP contribution >= 0.6 is 0 Å². The summed E-state index contributed by atoms with van der Waals surface area (Å²) in [4.78, 5) is 28.0. The van der Waals surface area contributed by atoms with Crippen LogP contribution in [0.25, 0.3) is 5.69 Å². The van der Waals surface area contributed by atoms with E-state index in [1.54, 1.807) is 13.0 Å². The molecule has 1 heterocycles. The number of rotatable bonds is 12. The minimum absolute atomic E-state index is 0.0627. The fraction of sp³-hybridized carbons (Fsp3) is 0.419. The molecular weight excluding hydrogens is 490 g/mol. The summed E-state index contributed by atoms with van der Waals surface area (Å²) < 4.78 is 0. The summed E-state index contributed by atoms with van der Waals surface area (Å²) in [6.07, 6.45) is 7.26. The molecule has 0 bridgehead atoms. The van der Waals surface area contributed by atoms with E-state index < -0.39 is 24.0 Å². The van der Waals surface area contributed by atoms with E-state index in [4.69, 9.17) is 0 Å². The molecule has 4 rings (SSSR count). The first-order valence-corrected chi connectivity index (χ1v) is 13.9. The maximum Gasteiger partial charge on any atom is 0.274 e. The number of hydrogen-bond acceptors (Lipinski definition) is 5. The Labute approximate surface area is 230 Å². The van der Waals surface area contributed by atoms with Crippen LogP contribution in [0.1, 0.15) is 66.7 Å². The lowest BCUT2D eigenvalue weighted by Gasteiger charge is -2.29. The lowest BCUT2D eigenvalue weighted by molar-refractivity contribution is -0.127. The largest absolute Gasteiger partial charge is 0.391 e.